The van der Waals surface area contributed by atoms with Crippen molar-refractivity contribution in [1.29, 1.82) is 0 Å². The van der Waals surface area contributed by atoms with E-state index in [1.165, 1.54) is 23.8 Å². The molecular weight excluding hydrogens is 276 g/mol. The Kier molecular flexibility index (Phi) is 4.27. The minimum atomic E-state index is -0.0940. The fourth-order valence-corrected chi connectivity index (χ4v) is 3.28. The first kappa shape index (κ1) is 14.8. The van der Waals surface area contributed by atoms with Crippen LogP contribution in [0.3, 0.4) is 0 Å². The van der Waals surface area contributed by atoms with Crippen LogP contribution in [0.4, 0.5) is 0 Å². The van der Waals surface area contributed by atoms with Crippen molar-refractivity contribution in [2.45, 2.75) is 44.7 Å². The number of carbonyl (C=O) groups excluding carboxylic acids is 1. The van der Waals surface area contributed by atoms with E-state index >= 15 is 0 Å². The Balaban J connectivity index is 1.79. The fourth-order valence-electron chi connectivity index (χ4n) is 3.28. The molecule has 0 atom stereocenters. The summed E-state index contributed by atoms with van der Waals surface area (Å²) in [5, 5.41) is 1.58. The zero-order valence-electron chi connectivity index (χ0n) is 13.0. The molecule has 1 aliphatic carbocycles. The van der Waals surface area contributed by atoms with Crippen molar-refractivity contribution in [3.05, 3.63) is 46.9 Å². The predicted molar refractivity (Wildman–Crippen MR) is 87.9 cm³/mol. The van der Waals surface area contributed by atoms with Gasteiger partial charge in [-0.2, -0.15) is 0 Å². The number of hydrogen-bond donors (Lipinski definition) is 0. The lowest BCUT2D eigenvalue weighted by Crippen LogP contribution is -2.41. The summed E-state index contributed by atoms with van der Waals surface area (Å²) in [6.45, 7) is 0.122. The third-order valence-corrected chi connectivity index (χ3v) is 4.71. The summed E-state index contributed by atoms with van der Waals surface area (Å²) in [7, 11) is 1.87. The van der Waals surface area contributed by atoms with Gasteiger partial charge in [-0.15, -0.1) is 0 Å². The highest BCUT2D eigenvalue weighted by Crippen LogP contribution is 2.21. The van der Waals surface area contributed by atoms with Crippen molar-refractivity contribution in [3.63, 3.8) is 0 Å². The number of likely N-dealkylation sites (N-methyl/N-ethyl adjacent to an activating group) is 1. The standard InChI is InChI=1S/C18H22N2O2/c1-19(15-8-3-2-4-9-15)17(21)13-20-12-11-14-7-5-6-10-16(14)18(20)22/h5-7,10-12,15H,2-4,8-9,13H2,1H3. The molecule has 0 N–H and O–H groups in total. The zero-order chi connectivity index (χ0) is 15.5. The topological polar surface area (TPSA) is 42.3 Å². The molecule has 3 rings (SSSR count). The predicted octanol–water partition coefficient (Wildman–Crippen LogP) is 2.79. The second-order valence-corrected chi connectivity index (χ2v) is 6.13. The Morgan fingerprint density at radius 3 is 2.68 bits per heavy atom. The summed E-state index contributed by atoms with van der Waals surface area (Å²) in [5.41, 5.74) is -0.0940. The van der Waals surface area contributed by atoms with Gasteiger partial charge in [0.05, 0.1) is 0 Å². The van der Waals surface area contributed by atoms with E-state index in [0.717, 1.165) is 18.2 Å². The van der Waals surface area contributed by atoms with Crippen LogP contribution in [0.1, 0.15) is 32.1 Å². The quantitative estimate of drug-likeness (QED) is 0.874. The van der Waals surface area contributed by atoms with Crippen LogP contribution >= 0.6 is 0 Å². The van der Waals surface area contributed by atoms with Crippen LogP contribution in [-0.4, -0.2) is 28.5 Å². The van der Waals surface area contributed by atoms with Gasteiger partial charge in [0.2, 0.25) is 5.91 Å². The lowest BCUT2D eigenvalue weighted by molar-refractivity contribution is -0.133. The van der Waals surface area contributed by atoms with Crippen LogP contribution in [0.5, 0.6) is 0 Å². The number of rotatable bonds is 3. The van der Waals surface area contributed by atoms with Crippen molar-refractivity contribution >= 4 is 16.7 Å². The van der Waals surface area contributed by atoms with Crippen LogP contribution < -0.4 is 5.56 Å². The molecule has 116 valence electrons. The molecule has 22 heavy (non-hydrogen) atoms. The van der Waals surface area contributed by atoms with E-state index in [-0.39, 0.29) is 18.0 Å². The summed E-state index contributed by atoms with van der Waals surface area (Å²) >= 11 is 0. The minimum Gasteiger partial charge on any atom is -0.341 e. The Bertz CT molecular complexity index is 729. The minimum absolute atomic E-state index is 0.0179. The Morgan fingerprint density at radius 2 is 1.91 bits per heavy atom. The molecular formula is C18H22N2O2. The molecule has 0 unspecified atom stereocenters. The van der Waals surface area contributed by atoms with Crippen LogP contribution in [0.25, 0.3) is 10.8 Å². The molecule has 2 aromatic rings. The third-order valence-electron chi connectivity index (χ3n) is 4.71. The molecule has 0 spiro atoms. The van der Waals surface area contributed by atoms with Gasteiger partial charge in [-0.25, -0.2) is 0 Å². The van der Waals surface area contributed by atoms with Gasteiger partial charge in [-0.05, 0) is 30.4 Å². The van der Waals surface area contributed by atoms with Crippen LogP contribution in [0.15, 0.2) is 41.3 Å². The molecule has 4 nitrogen and oxygen atoms in total. The Labute approximate surface area is 130 Å². The van der Waals surface area contributed by atoms with Gasteiger partial charge in [0, 0.05) is 24.7 Å². The third kappa shape index (κ3) is 2.91. The van der Waals surface area contributed by atoms with E-state index in [0.29, 0.717) is 11.4 Å². The highest BCUT2D eigenvalue weighted by atomic mass is 16.2. The van der Waals surface area contributed by atoms with Gasteiger partial charge in [-0.1, -0.05) is 37.5 Å². The number of pyridine rings is 1. The molecule has 1 fully saturated rings. The first-order valence-corrected chi connectivity index (χ1v) is 8.00. The van der Waals surface area contributed by atoms with Crippen molar-refractivity contribution in [2.75, 3.05) is 7.05 Å². The van der Waals surface area contributed by atoms with Crippen LogP contribution in [0, 0.1) is 0 Å². The van der Waals surface area contributed by atoms with E-state index in [2.05, 4.69) is 0 Å². The number of benzene rings is 1. The maximum Gasteiger partial charge on any atom is 0.258 e. The molecule has 0 bridgehead atoms. The maximum atomic E-state index is 12.5. The molecule has 1 saturated carbocycles. The van der Waals surface area contributed by atoms with E-state index in [4.69, 9.17) is 0 Å². The number of nitrogens with zero attached hydrogens (tertiary/aromatic N) is 2. The lowest BCUT2D eigenvalue weighted by atomic mass is 9.94. The van der Waals surface area contributed by atoms with E-state index in [9.17, 15) is 9.59 Å². The van der Waals surface area contributed by atoms with Crippen molar-refractivity contribution in [1.82, 2.24) is 9.47 Å². The van der Waals surface area contributed by atoms with Crippen molar-refractivity contribution < 1.29 is 4.79 Å². The zero-order valence-corrected chi connectivity index (χ0v) is 13.0. The van der Waals surface area contributed by atoms with Gasteiger partial charge in [-0.3, -0.25) is 9.59 Å². The largest absolute Gasteiger partial charge is 0.341 e. The molecule has 0 aliphatic heterocycles. The van der Waals surface area contributed by atoms with E-state index in [1.54, 1.807) is 6.20 Å². The molecule has 1 heterocycles. The van der Waals surface area contributed by atoms with Crippen LogP contribution in [0.2, 0.25) is 0 Å². The monoisotopic (exact) mass is 298 g/mol. The molecule has 1 amide bonds. The summed E-state index contributed by atoms with van der Waals surface area (Å²) in [5.74, 6) is 0.0179. The van der Waals surface area contributed by atoms with Crippen molar-refractivity contribution in [3.8, 4) is 0 Å². The molecule has 1 aromatic heterocycles. The first-order chi connectivity index (χ1) is 10.7. The average molecular weight is 298 g/mol. The molecule has 4 heteroatoms. The first-order valence-electron chi connectivity index (χ1n) is 8.00. The summed E-state index contributed by atoms with van der Waals surface area (Å²) < 4.78 is 1.52. The number of carbonyl (C=O) groups is 1. The second-order valence-electron chi connectivity index (χ2n) is 6.13. The number of hydrogen-bond acceptors (Lipinski definition) is 2. The summed E-state index contributed by atoms with van der Waals surface area (Å²) in [6.07, 6.45) is 7.53. The van der Waals surface area contributed by atoms with Crippen LogP contribution in [-0.2, 0) is 11.3 Å². The summed E-state index contributed by atoms with van der Waals surface area (Å²) in [6, 6.07) is 9.71. The van der Waals surface area contributed by atoms with E-state index in [1.807, 2.05) is 42.3 Å². The number of fused-ring (bicyclic) bond motifs is 1. The SMILES string of the molecule is CN(C(=O)Cn1ccc2ccccc2c1=O)C1CCCCC1. The average Bonchev–Trinajstić information content (AvgIpc) is 2.57. The normalized spacial score (nSPS) is 15.9. The van der Waals surface area contributed by atoms with E-state index < -0.39 is 0 Å². The fraction of sp³-hybridized carbons (Fsp3) is 0.444. The highest BCUT2D eigenvalue weighted by Gasteiger charge is 2.22. The van der Waals surface area contributed by atoms with Gasteiger partial charge < -0.3 is 9.47 Å². The Morgan fingerprint density at radius 1 is 1.18 bits per heavy atom. The Hall–Kier alpha value is -2.10. The lowest BCUT2D eigenvalue weighted by Gasteiger charge is -2.31. The molecule has 0 saturated heterocycles. The number of aromatic nitrogens is 1. The summed E-state index contributed by atoms with van der Waals surface area (Å²) in [4.78, 5) is 26.8. The van der Waals surface area contributed by atoms with Gasteiger partial charge in [0.1, 0.15) is 6.54 Å². The molecule has 1 aromatic carbocycles. The van der Waals surface area contributed by atoms with Gasteiger partial charge in [0.15, 0.2) is 0 Å². The maximum absolute atomic E-state index is 12.5. The number of amides is 1. The van der Waals surface area contributed by atoms with Gasteiger partial charge in [0.25, 0.3) is 5.56 Å². The highest BCUT2D eigenvalue weighted by molar-refractivity contribution is 5.82. The smallest absolute Gasteiger partial charge is 0.258 e. The molecule has 0 radical (unpaired) electrons. The van der Waals surface area contributed by atoms with Crippen molar-refractivity contribution in [2.24, 2.45) is 0 Å². The second kappa shape index (κ2) is 6.34. The molecule has 1 aliphatic rings. The van der Waals surface area contributed by atoms with Gasteiger partial charge >= 0.3 is 0 Å².